The minimum Gasteiger partial charge on any atom is -1.00 e. The van der Waals surface area contributed by atoms with Gasteiger partial charge in [-0.15, -0.1) is 22.1 Å². The van der Waals surface area contributed by atoms with Crippen LogP contribution in [0.4, 0.5) is 0 Å². The molecule has 4 amide bonds. The molecular formula is C60H56ClMnN8O12. The molecule has 82 heavy (non-hydrogen) atoms. The summed E-state index contributed by atoms with van der Waals surface area (Å²) in [6.07, 6.45) is 7.32. The van der Waals surface area contributed by atoms with E-state index in [1.54, 1.807) is 97.1 Å². The number of aliphatic hydroxyl groups is 8. The number of carbonyl (C=O) groups excluding carboxylic acids is 4. The number of nitrogens with zero attached hydrogens (tertiary/aromatic N) is 4. The van der Waals surface area contributed by atoms with E-state index in [0.717, 1.165) is 0 Å². The van der Waals surface area contributed by atoms with Crippen LogP contribution < -0.4 is 43.6 Å². The van der Waals surface area contributed by atoms with Crippen molar-refractivity contribution in [2.45, 2.75) is 24.2 Å². The van der Waals surface area contributed by atoms with Gasteiger partial charge in [0, 0.05) is 22.3 Å². The molecule has 5 heterocycles. The third kappa shape index (κ3) is 13.4. The van der Waals surface area contributed by atoms with Crippen molar-refractivity contribution < 1.29 is 89.5 Å². The molecular weight excluding hydrogens is 1120 g/mol. The van der Waals surface area contributed by atoms with Crippen molar-refractivity contribution in [3.63, 3.8) is 0 Å². The molecule has 0 aliphatic carbocycles. The minimum atomic E-state index is -0.868. The van der Waals surface area contributed by atoms with Crippen LogP contribution in [-0.2, 0) is 17.1 Å². The van der Waals surface area contributed by atoms with Crippen LogP contribution in [0, 0.1) is 0 Å². The van der Waals surface area contributed by atoms with Gasteiger partial charge in [-0.25, -0.2) is 9.97 Å². The molecule has 0 saturated heterocycles. The second-order valence-corrected chi connectivity index (χ2v) is 18.8. The predicted molar refractivity (Wildman–Crippen MR) is 300 cm³/mol. The number of rotatable bonds is 20. The fraction of sp³-hybridized carbons (Fsp3) is 0.200. The number of nitrogens with one attached hydrogen (secondary N) is 4. The first kappa shape index (κ1) is 61.5. The summed E-state index contributed by atoms with van der Waals surface area (Å²) in [5.41, 5.74) is 9.58. The molecule has 3 aromatic heterocycles. The zero-order valence-electron chi connectivity index (χ0n) is 43.6. The van der Waals surface area contributed by atoms with Gasteiger partial charge in [0.2, 0.25) is 0 Å². The van der Waals surface area contributed by atoms with Crippen molar-refractivity contribution >= 4 is 70.0 Å². The summed E-state index contributed by atoms with van der Waals surface area (Å²) in [5.74, 6) is -2.04. The van der Waals surface area contributed by atoms with E-state index in [9.17, 15) is 60.0 Å². The van der Waals surface area contributed by atoms with E-state index in [-0.39, 0.29) is 51.7 Å². The smallest absolute Gasteiger partial charge is 1.00 e. The summed E-state index contributed by atoms with van der Waals surface area (Å²) >= 11 is 0. The molecule has 0 saturated carbocycles. The van der Waals surface area contributed by atoms with Crippen molar-refractivity contribution in [2.24, 2.45) is 0 Å². The van der Waals surface area contributed by atoms with Gasteiger partial charge in [0.1, 0.15) is 0 Å². The van der Waals surface area contributed by atoms with Crippen molar-refractivity contribution in [3.05, 3.63) is 166 Å². The van der Waals surface area contributed by atoms with E-state index in [1.807, 2.05) is 48.6 Å². The summed E-state index contributed by atoms with van der Waals surface area (Å²) in [4.78, 5) is 74.0. The minimum absolute atomic E-state index is 0. The summed E-state index contributed by atoms with van der Waals surface area (Å²) in [6, 6.07) is 30.6. The topological polar surface area (TPSA) is 332 Å². The molecule has 8 bridgehead atoms. The fourth-order valence-corrected chi connectivity index (χ4v) is 9.09. The summed E-state index contributed by atoms with van der Waals surface area (Å²) in [6.45, 7) is -3.71. The monoisotopic (exact) mass is 1170 g/mol. The van der Waals surface area contributed by atoms with E-state index >= 15 is 0 Å². The SMILES string of the molecule is O=C(NC(CO)CO)c1ccc(-c2c3nc(c(-c4ccc(C(=O)NC(CO)CO)cc4)c4ccc([n-]4)c(-c4ccc(C(=O)NC(CO)CO)cc4)c4nc(c(-c5ccc(C(=O)NC(CO)CO)cc5)c5ccc2[n-]5)C=C4)C=C3)cc1.[Cl-].[Mn+3]. The molecule has 0 fully saturated rings. The molecule has 0 unspecified atom stereocenters. The number of fused-ring (bicyclic) bond motifs is 8. The van der Waals surface area contributed by atoms with E-state index in [0.29, 0.717) is 89.4 Å². The van der Waals surface area contributed by atoms with Crippen molar-refractivity contribution in [1.82, 2.24) is 41.2 Å². The Morgan fingerprint density at radius 1 is 0.329 bits per heavy atom. The molecule has 9 rings (SSSR count). The van der Waals surface area contributed by atoms with Crippen LogP contribution in [0.15, 0.2) is 121 Å². The summed E-state index contributed by atoms with van der Waals surface area (Å²) in [5, 5.41) is 87.6. The Kier molecular flexibility index (Phi) is 21.0. The molecule has 0 spiro atoms. The maximum atomic E-state index is 13.2. The Balaban J connectivity index is 0.00000484. The first-order chi connectivity index (χ1) is 38.9. The zero-order valence-corrected chi connectivity index (χ0v) is 45.5. The normalized spacial score (nSPS) is 11.7. The number of aliphatic hydroxyl groups excluding tert-OH is 8. The van der Waals surface area contributed by atoms with Crippen LogP contribution in [0.2, 0.25) is 0 Å². The Morgan fingerprint density at radius 2 is 0.512 bits per heavy atom. The van der Waals surface area contributed by atoms with Crippen LogP contribution in [0.3, 0.4) is 0 Å². The van der Waals surface area contributed by atoms with Crippen LogP contribution in [0.5, 0.6) is 0 Å². The Hall–Kier alpha value is -8.15. The largest absolute Gasteiger partial charge is 3.00 e. The third-order valence-corrected chi connectivity index (χ3v) is 13.5. The van der Waals surface area contributed by atoms with E-state index in [2.05, 4.69) is 21.3 Å². The number of aromatic nitrogens is 4. The van der Waals surface area contributed by atoms with Gasteiger partial charge in [0.25, 0.3) is 23.6 Å². The first-order valence-corrected chi connectivity index (χ1v) is 25.5. The molecule has 2 aliphatic rings. The molecule has 20 nitrogen and oxygen atoms in total. The molecule has 2 aliphatic heterocycles. The van der Waals surface area contributed by atoms with Gasteiger partial charge in [-0.05, 0) is 117 Å². The average molecular weight is 1170 g/mol. The maximum absolute atomic E-state index is 13.2. The van der Waals surface area contributed by atoms with E-state index in [1.165, 1.54) is 0 Å². The number of benzene rings is 4. The second kappa shape index (κ2) is 28.0. The fourth-order valence-electron chi connectivity index (χ4n) is 9.09. The maximum Gasteiger partial charge on any atom is 3.00 e. The van der Waals surface area contributed by atoms with Gasteiger partial charge >= 0.3 is 17.1 Å². The number of halogens is 1. The number of carbonyl (C=O) groups is 4. The van der Waals surface area contributed by atoms with Crippen molar-refractivity contribution in [1.29, 1.82) is 0 Å². The molecule has 4 aromatic carbocycles. The number of amides is 4. The van der Waals surface area contributed by atoms with Crippen molar-refractivity contribution in [3.8, 4) is 44.5 Å². The quantitative estimate of drug-likeness (QED) is 0.0444. The summed E-state index contributed by atoms with van der Waals surface area (Å²) in [7, 11) is 0. The average Bonchev–Trinajstić information content (AvgIpc) is 4.50. The van der Waals surface area contributed by atoms with Crippen LogP contribution in [-0.4, -0.2) is 151 Å². The van der Waals surface area contributed by atoms with Gasteiger partial charge < -0.3 is 84.5 Å². The molecule has 0 radical (unpaired) electrons. The second-order valence-electron chi connectivity index (χ2n) is 18.8. The van der Waals surface area contributed by atoms with Gasteiger partial charge in [-0.1, -0.05) is 72.8 Å². The molecule has 7 aromatic rings. The van der Waals surface area contributed by atoms with Crippen LogP contribution in [0.25, 0.3) is 90.9 Å². The van der Waals surface area contributed by atoms with Gasteiger partial charge in [-0.3, -0.25) is 19.2 Å². The third-order valence-electron chi connectivity index (χ3n) is 13.5. The summed E-state index contributed by atoms with van der Waals surface area (Å²) < 4.78 is 0. The van der Waals surface area contributed by atoms with Crippen molar-refractivity contribution in [2.75, 3.05) is 52.9 Å². The zero-order chi connectivity index (χ0) is 56.5. The molecule has 422 valence electrons. The Morgan fingerprint density at radius 3 is 0.683 bits per heavy atom. The van der Waals surface area contributed by atoms with Gasteiger partial charge in [-0.2, -0.15) is 0 Å². The molecule has 12 N–H and O–H groups in total. The number of hydrogen-bond donors (Lipinski definition) is 12. The molecule has 22 heteroatoms. The standard InChI is InChI=1S/C60H58N8O12.ClH.Mn/c69-25-41(26-70)61-57(77)37-9-1-33(2-10-37)53-45-17-19-47(65-45)54(34-3-11-38(12-4-34)58(78)62-42(27-71)28-72)49-21-23-51(67-49)56(36-7-15-40(16-8-36)60(80)64-44(31-75)32-76)52-24-22-50(68-52)55(48-20-18-46(53)66-48)35-5-13-39(14-6-35)59(79)63-43(29-73)30-74;;/h1-24,41-44,69-76H,25-32H2,(H6,61,62,63,64,65,66,67,68,77,78,79,80);1H;/q;;+3/p-3. The van der Waals surface area contributed by atoms with Crippen LogP contribution >= 0.6 is 0 Å². The molecule has 0 atom stereocenters. The van der Waals surface area contributed by atoms with Crippen LogP contribution in [0.1, 0.15) is 64.2 Å². The van der Waals surface area contributed by atoms with Gasteiger partial charge in [0.05, 0.1) is 99.8 Å². The van der Waals surface area contributed by atoms with E-state index in [4.69, 9.17) is 19.9 Å². The first-order valence-electron chi connectivity index (χ1n) is 25.5. The Bertz CT molecular complexity index is 3180. The Labute approximate surface area is 486 Å². The van der Waals surface area contributed by atoms with Gasteiger partial charge in [0.15, 0.2) is 0 Å². The predicted octanol–water partition coefficient (Wildman–Crippen LogP) is -0.0847. The van der Waals surface area contributed by atoms with E-state index < -0.39 is 101 Å². The number of hydrogen-bond acceptors (Lipinski definition) is 14.